The summed E-state index contributed by atoms with van der Waals surface area (Å²) < 4.78 is 0. The number of nitrogens with zero attached hydrogens (tertiary/aromatic N) is 3. The fourth-order valence-electron chi connectivity index (χ4n) is 3.24. The molecule has 5 nitrogen and oxygen atoms in total. The van der Waals surface area contributed by atoms with Crippen molar-refractivity contribution in [2.45, 2.75) is 25.4 Å². The van der Waals surface area contributed by atoms with Gasteiger partial charge in [-0.15, -0.1) is 0 Å². The highest BCUT2D eigenvalue weighted by atomic mass is 35.5. The molecule has 3 rings (SSSR count). The van der Waals surface area contributed by atoms with E-state index in [1.165, 1.54) is 0 Å². The lowest BCUT2D eigenvalue weighted by Gasteiger charge is -2.37. The monoisotopic (exact) mass is 343 g/mol. The Morgan fingerprint density at radius 3 is 2.55 bits per heavy atom. The minimum absolute atomic E-state index is 0.0832. The van der Waals surface area contributed by atoms with Crippen molar-refractivity contribution in [3.63, 3.8) is 0 Å². The molecule has 1 aromatic rings. The van der Waals surface area contributed by atoms with Gasteiger partial charge in [-0.2, -0.15) is 0 Å². The summed E-state index contributed by atoms with van der Waals surface area (Å²) in [5, 5.41) is 10.9. The van der Waals surface area contributed by atoms with Gasteiger partial charge in [0.25, 0.3) is 0 Å². The molecule has 1 aromatic heterocycles. The van der Waals surface area contributed by atoms with E-state index in [-0.39, 0.29) is 11.8 Å². The second-order valence-electron chi connectivity index (χ2n) is 5.88. The summed E-state index contributed by atoms with van der Waals surface area (Å²) in [4.78, 5) is 20.6. The Morgan fingerprint density at radius 2 is 1.95 bits per heavy atom. The molecular formula is C15H19Cl2N3O2. The maximum absolute atomic E-state index is 12.5. The maximum Gasteiger partial charge on any atom is 0.228 e. The molecule has 1 aliphatic heterocycles. The Morgan fingerprint density at radius 1 is 1.23 bits per heavy atom. The van der Waals surface area contributed by atoms with Gasteiger partial charge < -0.3 is 14.9 Å². The number of carbonyl (C=O) groups is 1. The Kier molecular flexibility index (Phi) is 4.76. The van der Waals surface area contributed by atoms with Crippen LogP contribution < -0.4 is 4.90 Å². The fourth-order valence-corrected chi connectivity index (χ4v) is 3.74. The maximum atomic E-state index is 12.5. The third kappa shape index (κ3) is 3.16. The first-order valence-electron chi connectivity index (χ1n) is 7.59. The van der Waals surface area contributed by atoms with E-state index in [4.69, 9.17) is 23.2 Å². The Balaban J connectivity index is 1.61. The first kappa shape index (κ1) is 15.8. The summed E-state index contributed by atoms with van der Waals surface area (Å²) in [5.74, 6) is 0.572. The van der Waals surface area contributed by atoms with Gasteiger partial charge >= 0.3 is 0 Å². The average Bonchev–Trinajstić information content (AvgIpc) is 2.93. The van der Waals surface area contributed by atoms with Crippen LogP contribution in [0.15, 0.2) is 12.3 Å². The number of piperazine rings is 1. The van der Waals surface area contributed by atoms with Crippen LogP contribution in [0, 0.1) is 5.92 Å². The normalized spacial score (nSPS) is 25.6. The minimum Gasteiger partial charge on any atom is -0.392 e. The van der Waals surface area contributed by atoms with E-state index in [0.717, 1.165) is 19.3 Å². The molecule has 0 spiro atoms. The number of amides is 1. The number of aliphatic hydroxyl groups is 1. The molecule has 0 bridgehead atoms. The van der Waals surface area contributed by atoms with Crippen molar-refractivity contribution in [1.82, 2.24) is 9.88 Å². The largest absolute Gasteiger partial charge is 0.392 e. The number of aliphatic hydroxyl groups excluding tert-OH is 1. The smallest absolute Gasteiger partial charge is 0.228 e. The van der Waals surface area contributed by atoms with Crippen LogP contribution in [-0.4, -0.2) is 53.2 Å². The first-order valence-corrected chi connectivity index (χ1v) is 8.34. The third-order valence-corrected chi connectivity index (χ3v) is 4.96. The fraction of sp³-hybridized carbons (Fsp3) is 0.600. The Labute approximate surface area is 139 Å². The van der Waals surface area contributed by atoms with Gasteiger partial charge in [0.1, 0.15) is 5.82 Å². The van der Waals surface area contributed by atoms with Gasteiger partial charge in [0.15, 0.2) is 0 Å². The number of anilines is 1. The molecule has 1 saturated carbocycles. The highest BCUT2D eigenvalue weighted by Crippen LogP contribution is 2.29. The quantitative estimate of drug-likeness (QED) is 0.894. The second-order valence-corrected chi connectivity index (χ2v) is 6.72. The van der Waals surface area contributed by atoms with Crippen LogP contribution in [-0.2, 0) is 4.79 Å². The van der Waals surface area contributed by atoms with E-state index in [2.05, 4.69) is 9.88 Å². The zero-order valence-electron chi connectivity index (χ0n) is 12.2. The van der Waals surface area contributed by atoms with Crippen molar-refractivity contribution >= 4 is 34.9 Å². The molecule has 1 saturated heterocycles. The molecule has 2 fully saturated rings. The van der Waals surface area contributed by atoms with Crippen molar-refractivity contribution in [1.29, 1.82) is 0 Å². The molecule has 22 heavy (non-hydrogen) atoms. The average molecular weight is 344 g/mol. The van der Waals surface area contributed by atoms with Crippen molar-refractivity contribution in [3.8, 4) is 0 Å². The van der Waals surface area contributed by atoms with Crippen LogP contribution in [0.25, 0.3) is 0 Å². The summed E-state index contributed by atoms with van der Waals surface area (Å²) in [6.45, 7) is 2.62. The lowest BCUT2D eigenvalue weighted by Crippen LogP contribution is -2.51. The van der Waals surface area contributed by atoms with Gasteiger partial charge in [0.05, 0.1) is 22.1 Å². The molecule has 1 aliphatic carbocycles. The van der Waals surface area contributed by atoms with Gasteiger partial charge in [0, 0.05) is 32.4 Å². The van der Waals surface area contributed by atoms with Crippen LogP contribution in [0.3, 0.4) is 0 Å². The minimum atomic E-state index is -0.474. The van der Waals surface area contributed by atoms with Gasteiger partial charge in [-0.25, -0.2) is 4.98 Å². The Hall–Kier alpha value is -1.04. The van der Waals surface area contributed by atoms with Crippen molar-refractivity contribution in [2.75, 3.05) is 31.1 Å². The number of rotatable bonds is 2. The number of carbonyl (C=O) groups excluding carboxylic acids is 1. The molecule has 1 N–H and O–H groups in total. The summed E-state index contributed by atoms with van der Waals surface area (Å²) >= 11 is 12.0. The molecule has 2 unspecified atom stereocenters. The lowest BCUT2D eigenvalue weighted by atomic mass is 10.0. The number of halogens is 2. The van der Waals surface area contributed by atoms with E-state index in [1.807, 2.05) is 4.90 Å². The predicted molar refractivity (Wildman–Crippen MR) is 86.4 cm³/mol. The van der Waals surface area contributed by atoms with Gasteiger partial charge in [-0.1, -0.05) is 23.2 Å². The zero-order chi connectivity index (χ0) is 15.7. The highest BCUT2D eigenvalue weighted by Gasteiger charge is 2.35. The van der Waals surface area contributed by atoms with E-state index in [1.54, 1.807) is 12.3 Å². The summed E-state index contributed by atoms with van der Waals surface area (Å²) in [6.07, 6.45) is 3.57. The van der Waals surface area contributed by atoms with E-state index in [9.17, 15) is 9.90 Å². The van der Waals surface area contributed by atoms with Crippen LogP contribution >= 0.6 is 23.2 Å². The van der Waals surface area contributed by atoms with Crippen LogP contribution in [0.4, 0.5) is 5.82 Å². The standard InChI is InChI=1S/C15H19Cl2N3O2/c16-10-8-12(17)14(18-9-10)19-4-6-20(7-5-19)15(22)11-2-1-3-13(11)21/h8-9,11,13,21H,1-7H2. The molecule has 0 aromatic carbocycles. The van der Waals surface area contributed by atoms with Crippen LogP contribution in [0.2, 0.25) is 10.0 Å². The van der Waals surface area contributed by atoms with E-state index < -0.39 is 6.10 Å². The predicted octanol–water partition coefficient (Wildman–Crippen LogP) is 2.20. The van der Waals surface area contributed by atoms with Gasteiger partial charge in [-0.05, 0) is 25.3 Å². The first-order chi connectivity index (χ1) is 10.6. The van der Waals surface area contributed by atoms with Crippen LogP contribution in [0.5, 0.6) is 0 Å². The molecule has 1 amide bonds. The number of hydrogen-bond acceptors (Lipinski definition) is 4. The van der Waals surface area contributed by atoms with Crippen molar-refractivity contribution < 1.29 is 9.90 Å². The molecule has 0 radical (unpaired) electrons. The molecule has 2 atom stereocenters. The lowest BCUT2D eigenvalue weighted by molar-refractivity contribution is -0.138. The summed E-state index contributed by atoms with van der Waals surface area (Å²) in [6, 6.07) is 1.68. The van der Waals surface area contributed by atoms with Gasteiger partial charge in [0.2, 0.25) is 5.91 Å². The molecular weight excluding hydrogens is 325 g/mol. The molecule has 2 aliphatic rings. The topological polar surface area (TPSA) is 56.7 Å². The zero-order valence-corrected chi connectivity index (χ0v) is 13.7. The number of hydrogen-bond donors (Lipinski definition) is 1. The van der Waals surface area contributed by atoms with Crippen molar-refractivity contribution in [2.24, 2.45) is 5.92 Å². The third-order valence-electron chi connectivity index (χ3n) is 4.48. The Bertz CT molecular complexity index is 562. The molecule has 2 heterocycles. The summed E-state index contributed by atoms with van der Waals surface area (Å²) in [7, 11) is 0. The molecule has 120 valence electrons. The van der Waals surface area contributed by atoms with Crippen molar-refractivity contribution in [3.05, 3.63) is 22.3 Å². The summed E-state index contributed by atoms with van der Waals surface area (Å²) in [5.41, 5.74) is 0. The molecule has 7 heteroatoms. The SMILES string of the molecule is O=C(C1CCCC1O)N1CCN(c2ncc(Cl)cc2Cl)CC1. The van der Waals surface area contributed by atoms with Crippen LogP contribution in [0.1, 0.15) is 19.3 Å². The number of pyridine rings is 1. The van der Waals surface area contributed by atoms with E-state index >= 15 is 0 Å². The van der Waals surface area contributed by atoms with E-state index in [0.29, 0.717) is 42.0 Å². The second kappa shape index (κ2) is 6.60. The number of aromatic nitrogens is 1. The highest BCUT2D eigenvalue weighted by molar-refractivity contribution is 6.36. The van der Waals surface area contributed by atoms with Gasteiger partial charge in [-0.3, -0.25) is 4.79 Å².